The van der Waals surface area contributed by atoms with Gasteiger partial charge in [0.1, 0.15) is 6.54 Å². The first-order valence-corrected chi connectivity index (χ1v) is 10.1. The predicted molar refractivity (Wildman–Crippen MR) is 111 cm³/mol. The Morgan fingerprint density at radius 2 is 1.89 bits per heavy atom. The van der Waals surface area contributed by atoms with Gasteiger partial charge < -0.3 is 5.32 Å². The van der Waals surface area contributed by atoms with Gasteiger partial charge in [-0.05, 0) is 30.2 Å². The van der Waals surface area contributed by atoms with Gasteiger partial charge in [-0.25, -0.2) is 0 Å². The minimum absolute atomic E-state index is 0.119. The van der Waals surface area contributed by atoms with Gasteiger partial charge in [-0.2, -0.15) is 0 Å². The molecule has 0 radical (unpaired) electrons. The van der Waals surface area contributed by atoms with E-state index >= 15 is 0 Å². The Balaban J connectivity index is 1.65. The Morgan fingerprint density at radius 3 is 2.61 bits per heavy atom. The van der Waals surface area contributed by atoms with E-state index in [1.165, 1.54) is 22.7 Å². The van der Waals surface area contributed by atoms with Gasteiger partial charge >= 0.3 is 0 Å². The molecule has 1 saturated heterocycles. The molecule has 3 rings (SSSR count). The molecule has 1 fully saturated rings. The van der Waals surface area contributed by atoms with E-state index in [4.69, 9.17) is 11.6 Å². The third-order valence-electron chi connectivity index (χ3n) is 4.28. The monoisotopic (exact) mass is 414 g/mol. The molecular weight excluding hydrogens is 396 g/mol. The van der Waals surface area contributed by atoms with Crippen LogP contribution in [-0.2, 0) is 16.1 Å². The lowest BCUT2D eigenvalue weighted by molar-refractivity contribution is -0.131. The molecule has 0 unspecified atom stereocenters. The molecule has 0 spiro atoms. The number of hydrogen-bond donors (Lipinski definition) is 1. The van der Waals surface area contributed by atoms with Crippen LogP contribution in [0.3, 0.4) is 0 Å². The molecule has 1 aliphatic rings. The molecule has 0 saturated carbocycles. The molecule has 7 heteroatoms. The van der Waals surface area contributed by atoms with Gasteiger partial charge in [-0.15, -0.1) is 0 Å². The van der Waals surface area contributed by atoms with Crippen LogP contribution in [0.2, 0.25) is 5.02 Å². The van der Waals surface area contributed by atoms with Gasteiger partial charge in [0.05, 0.1) is 10.8 Å². The van der Waals surface area contributed by atoms with Crippen molar-refractivity contribution in [3.63, 3.8) is 0 Å². The van der Waals surface area contributed by atoms with Crippen LogP contribution < -0.4 is 5.32 Å². The molecule has 0 aliphatic carbocycles. The third-order valence-corrected chi connectivity index (χ3v) is 5.56. The van der Waals surface area contributed by atoms with Crippen molar-refractivity contribution in [1.82, 2.24) is 10.2 Å². The summed E-state index contributed by atoms with van der Waals surface area (Å²) in [6.07, 6.45) is 1.43. The van der Waals surface area contributed by atoms with Gasteiger partial charge in [0.25, 0.3) is 0 Å². The molecule has 0 aromatic heterocycles. The Kier molecular flexibility index (Phi) is 6.54. The fourth-order valence-electron chi connectivity index (χ4n) is 2.74. The lowest BCUT2D eigenvalue weighted by Gasteiger charge is -2.16. The smallest absolute Gasteiger partial charge is 0.240 e. The maximum atomic E-state index is 12.6. The van der Waals surface area contributed by atoms with Crippen molar-refractivity contribution in [3.8, 4) is 0 Å². The van der Waals surface area contributed by atoms with Crippen molar-refractivity contribution < 1.29 is 14.4 Å². The van der Waals surface area contributed by atoms with Gasteiger partial charge in [0.2, 0.25) is 11.8 Å². The summed E-state index contributed by atoms with van der Waals surface area (Å²) in [5, 5.41) is 3.91. The zero-order valence-electron chi connectivity index (χ0n) is 15.3. The molecule has 2 amide bonds. The van der Waals surface area contributed by atoms with Crippen LogP contribution in [0.4, 0.5) is 0 Å². The number of carbonyl (C=O) groups is 3. The summed E-state index contributed by atoms with van der Waals surface area (Å²) in [5.74, 6) is -0.436. The summed E-state index contributed by atoms with van der Waals surface area (Å²) >= 11 is 7.12. The normalized spacial score (nSPS) is 15.1. The summed E-state index contributed by atoms with van der Waals surface area (Å²) in [6, 6.07) is 14.4. The predicted octanol–water partition coefficient (Wildman–Crippen LogP) is 3.56. The van der Waals surface area contributed by atoms with Gasteiger partial charge in [0.15, 0.2) is 5.78 Å². The lowest BCUT2D eigenvalue weighted by Crippen LogP contribution is -2.37. The second kappa shape index (κ2) is 9.08. The first-order valence-electron chi connectivity index (χ1n) is 8.70. The second-order valence-electron chi connectivity index (χ2n) is 6.33. The number of thioether (sulfide) groups is 1. The van der Waals surface area contributed by atoms with E-state index in [0.717, 1.165) is 11.1 Å². The number of aryl methyl sites for hydroxylation is 1. The topological polar surface area (TPSA) is 66.5 Å². The van der Waals surface area contributed by atoms with Crippen LogP contribution in [-0.4, -0.2) is 34.8 Å². The molecular formula is C21H19ClN2O3S. The minimum Gasteiger partial charge on any atom is -0.350 e. The van der Waals surface area contributed by atoms with Crippen molar-refractivity contribution in [2.75, 3.05) is 12.3 Å². The van der Waals surface area contributed by atoms with Crippen LogP contribution in [0.15, 0.2) is 59.6 Å². The fraction of sp³-hybridized carbons (Fsp3) is 0.190. The number of ketones is 1. The minimum atomic E-state index is -0.292. The van der Waals surface area contributed by atoms with Crippen LogP contribution >= 0.6 is 23.4 Å². The van der Waals surface area contributed by atoms with E-state index in [0.29, 0.717) is 22.2 Å². The number of rotatable bonds is 6. The molecule has 1 N–H and O–H groups in total. The lowest BCUT2D eigenvalue weighted by atomic mass is 10.1. The molecule has 1 heterocycles. The van der Waals surface area contributed by atoms with Crippen molar-refractivity contribution in [3.05, 3.63) is 81.3 Å². The number of nitrogens with one attached hydrogen (secondary N) is 1. The van der Waals surface area contributed by atoms with Crippen molar-refractivity contribution in [2.24, 2.45) is 0 Å². The summed E-state index contributed by atoms with van der Waals surface area (Å²) in [4.78, 5) is 38.4. The number of amides is 2. The number of allylic oxidation sites excluding steroid dienone is 1. The van der Waals surface area contributed by atoms with Gasteiger partial charge in [-0.1, -0.05) is 59.8 Å². The fourth-order valence-corrected chi connectivity index (χ4v) is 3.81. The Bertz CT molecular complexity index is 941. The van der Waals surface area contributed by atoms with Crippen molar-refractivity contribution >= 4 is 41.0 Å². The highest BCUT2D eigenvalue weighted by Gasteiger charge is 2.29. The maximum absolute atomic E-state index is 12.6. The summed E-state index contributed by atoms with van der Waals surface area (Å²) in [6.45, 7) is 2.08. The Labute approximate surface area is 172 Å². The van der Waals surface area contributed by atoms with E-state index in [1.54, 1.807) is 24.3 Å². The van der Waals surface area contributed by atoms with Crippen LogP contribution in [0.5, 0.6) is 0 Å². The maximum Gasteiger partial charge on any atom is 0.240 e. The highest BCUT2D eigenvalue weighted by atomic mass is 35.5. The number of carbonyl (C=O) groups excluding carboxylic acids is 3. The van der Waals surface area contributed by atoms with E-state index in [1.807, 2.05) is 31.2 Å². The molecule has 5 nitrogen and oxygen atoms in total. The standard InChI is InChI=1S/C21H19ClN2O3S/c1-14-4-2-3-5-17(14)18(25)10-21-24(20(27)13-28-21)12-19(26)23-11-15-6-8-16(22)9-7-15/h2-10H,11-13H2,1H3,(H,23,26)/b21-10-. The molecule has 0 bridgehead atoms. The summed E-state index contributed by atoms with van der Waals surface area (Å²) in [5.41, 5.74) is 2.36. The molecule has 0 atom stereocenters. The summed E-state index contributed by atoms with van der Waals surface area (Å²) in [7, 11) is 0. The Hall–Kier alpha value is -2.57. The molecule has 28 heavy (non-hydrogen) atoms. The van der Waals surface area contributed by atoms with E-state index in [9.17, 15) is 14.4 Å². The van der Waals surface area contributed by atoms with E-state index < -0.39 is 0 Å². The van der Waals surface area contributed by atoms with Crippen molar-refractivity contribution in [2.45, 2.75) is 13.5 Å². The second-order valence-corrected chi connectivity index (χ2v) is 7.77. The highest BCUT2D eigenvalue weighted by molar-refractivity contribution is 8.04. The van der Waals surface area contributed by atoms with Gasteiger partial charge in [-0.3, -0.25) is 19.3 Å². The molecule has 2 aromatic rings. The number of halogens is 1. The first kappa shape index (κ1) is 20.2. The van der Waals surface area contributed by atoms with Crippen molar-refractivity contribution in [1.29, 1.82) is 0 Å². The number of hydrogen-bond acceptors (Lipinski definition) is 4. The number of nitrogens with zero attached hydrogens (tertiary/aromatic N) is 1. The average Bonchev–Trinajstić information content (AvgIpc) is 3.01. The largest absolute Gasteiger partial charge is 0.350 e. The molecule has 2 aromatic carbocycles. The quantitative estimate of drug-likeness (QED) is 0.579. The summed E-state index contributed by atoms with van der Waals surface area (Å²) < 4.78 is 0. The van der Waals surface area contributed by atoms with Crippen LogP contribution in [0.25, 0.3) is 0 Å². The molecule has 144 valence electrons. The van der Waals surface area contributed by atoms with E-state index in [-0.39, 0.29) is 29.9 Å². The first-order chi connectivity index (χ1) is 13.4. The zero-order chi connectivity index (χ0) is 20.1. The van der Waals surface area contributed by atoms with Crippen LogP contribution in [0, 0.1) is 6.92 Å². The van der Waals surface area contributed by atoms with Crippen LogP contribution in [0.1, 0.15) is 21.5 Å². The highest BCUT2D eigenvalue weighted by Crippen LogP contribution is 2.29. The molecule has 1 aliphatic heterocycles. The third kappa shape index (κ3) is 5.03. The van der Waals surface area contributed by atoms with Gasteiger partial charge in [0, 0.05) is 23.2 Å². The number of benzene rings is 2. The Morgan fingerprint density at radius 1 is 1.18 bits per heavy atom. The SMILES string of the molecule is Cc1ccccc1C(=O)/C=C1\SCC(=O)N1CC(=O)NCc1ccc(Cl)cc1. The average molecular weight is 415 g/mol. The zero-order valence-corrected chi connectivity index (χ0v) is 16.8. The van der Waals surface area contributed by atoms with E-state index in [2.05, 4.69) is 5.32 Å².